The molecule has 2 atom stereocenters. The number of amides is 1. The molecule has 0 aliphatic rings. The van der Waals surface area contributed by atoms with Crippen LogP contribution in [0.5, 0.6) is 0 Å². The maximum absolute atomic E-state index is 12.6. The number of alkyl carbamates (subject to hydrolysis) is 1. The predicted molar refractivity (Wildman–Crippen MR) is 204 cm³/mol. The van der Waals surface area contributed by atoms with Crippen molar-refractivity contribution in [3.63, 3.8) is 0 Å². The zero-order valence-electron chi connectivity index (χ0n) is 32.8. The van der Waals surface area contributed by atoms with Crippen molar-refractivity contribution >= 4 is 25.9 Å². The molecule has 0 fully saturated rings. The molecule has 11 nitrogen and oxygen atoms in total. The number of ether oxygens (including phenoxy) is 3. The number of esters is 2. The van der Waals surface area contributed by atoms with Gasteiger partial charge in [0, 0.05) is 19.4 Å². The number of nitrogens with one attached hydrogen (secondary N) is 1. The number of carbonyl (C=O) groups excluding carboxylic acids is 3. The molecule has 0 aromatic carbocycles. The van der Waals surface area contributed by atoms with Crippen molar-refractivity contribution in [1.82, 2.24) is 5.32 Å². The van der Waals surface area contributed by atoms with Crippen molar-refractivity contribution in [3.05, 3.63) is 0 Å². The van der Waals surface area contributed by atoms with E-state index in [0.29, 0.717) is 6.42 Å². The van der Waals surface area contributed by atoms with Crippen LogP contribution in [0, 0.1) is 0 Å². The number of phosphoric acid groups is 1. The SMILES string of the molecule is CCCCCCCCCCCCCCCC(=O)O[C@H](COC(=O)CCCCCCCCCCCCCC)COP(=O)(O)OCCNC(=O)OCC. The Morgan fingerprint density at radius 1 is 0.549 bits per heavy atom. The molecule has 0 aromatic rings. The highest BCUT2D eigenvalue weighted by atomic mass is 31.2. The van der Waals surface area contributed by atoms with Gasteiger partial charge < -0.3 is 24.4 Å². The summed E-state index contributed by atoms with van der Waals surface area (Å²) in [5.41, 5.74) is 0. The third-order valence-corrected chi connectivity index (χ3v) is 9.76. The van der Waals surface area contributed by atoms with E-state index in [2.05, 4.69) is 19.2 Å². The molecule has 0 aliphatic heterocycles. The van der Waals surface area contributed by atoms with Gasteiger partial charge in [-0.25, -0.2) is 9.36 Å². The van der Waals surface area contributed by atoms with Crippen molar-refractivity contribution in [3.8, 4) is 0 Å². The molecule has 0 aromatic heterocycles. The lowest BCUT2D eigenvalue weighted by Crippen LogP contribution is -2.30. The van der Waals surface area contributed by atoms with Crippen LogP contribution >= 0.6 is 7.82 Å². The van der Waals surface area contributed by atoms with E-state index < -0.39 is 38.6 Å². The minimum Gasteiger partial charge on any atom is -0.462 e. The smallest absolute Gasteiger partial charge is 0.462 e. The van der Waals surface area contributed by atoms with Crippen LogP contribution in [0.1, 0.15) is 194 Å². The number of hydrogen-bond acceptors (Lipinski definition) is 9. The summed E-state index contributed by atoms with van der Waals surface area (Å²) < 4.78 is 37.9. The lowest BCUT2D eigenvalue weighted by atomic mass is 10.0. The molecule has 2 N–H and O–H groups in total. The van der Waals surface area contributed by atoms with Gasteiger partial charge in [0.1, 0.15) is 6.61 Å². The van der Waals surface area contributed by atoms with Gasteiger partial charge in [0.25, 0.3) is 0 Å². The van der Waals surface area contributed by atoms with E-state index in [1.165, 1.54) is 116 Å². The maximum atomic E-state index is 12.6. The fourth-order valence-corrected chi connectivity index (χ4v) is 6.48. The molecule has 0 rings (SSSR count). The van der Waals surface area contributed by atoms with Crippen LogP contribution in [0.4, 0.5) is 4.79 Å². The number of rotatable bonds is 38. The minimum absolute atomic E-state index is 0.0684. The van der Waals surface area contributed by atoms with E-state index in [4.69, 9.17) is 23.3 Å². The summed E-state index contributed by atoms with van der Waals surface area (Å²) in [6, 6.07) is 0. The van der Waals surface area contributed by atoms with Crippen LogP contribution in [0.3, 0.4) is 0 Å². The predicted octanol–water partition coefficient (Wildman–Crippen LogP) is 10.9. The van der Waals surface area contributed by atoms with Crippen LogP contribution in [0.25, 0.3) is 0 Å². The third kappa shape index (κ3) is 36.5. The Kier molecular flexibility index (Phi) is 35.5. The number of unbranched alkanes of at least 4 members (excludes halogenated alkanes) is 23. The van der Waals surface area contributed by atoms with Gasteiger partial charge in [0.2, 0.25) is 0 Å². The minimum atomic E-state index is -4.53. The van der Waals surface area contributed by atoms with Gasteiger partial charge in [-0.3, -0.25) is 18.6 Å². The largest absolute Gasteiger partial charge is 0.472 e. The molecule has 0 radical (unpaired) electrons. The van der Waals surface area contributed by atoms with E-state index in [-0.39, 0.29) is 39.2 Å². The number of carbonyl (C=O) groups is 3. The molecule has 0 aliphatic carbocycles. The number of phosphoric ester groups is 1. The number of hydrogen-bond donors (Lipinski definition) is 2. The molecule has 12 heteroatoms. The normalized spacial score (nSPS) is 13.0. The highest BCUT2D eigenvalue weighted by molar-refractivity contribution is 7.47. The summed E-state index contributed by atoms with van der Waals surface area (Å²) >= 11 is 0. The monoisotopic (exact) mass is 750 g/mol. The van der Waals surface area contributed by atoms with Crippen LogP contribution in [0.15, 0.2) is 0 Å². The summed E-state index contributed by atoms with van der Waals surface area (Å²) in [5, 5.41) is 2.37. The second-order valence-corrected chi connectivity index (χ2v) is 15.1. The van der Waals surface area contributed by atoms with Crippen LogP contribution in [0.2, 0.25) is 0 Å². The third-order valence-electron chi connectivity index (χ3n) is 8.77. The fourth-order valence-electron chi connectivity index (χ4n) is 5.73. The van der Waals surface area contributed by atoms with Crippen LogP contribution in [-0.4, -0.2) is 62.0 Å². The average Bonchev–Trinajstić information content (AvgIpc) is 3.10. The zero-order valence-corrected chi connectivity index (χ0v) is 33.7. The average molecular weight is 750 g/mol. The first kappa shape index (κ1) is 49.3. The first-order chi connectivity index (χ1) is 24.7. The Labute approximate surface area is 311 Å². The Morgan fingerprint density at radius 3 is 1.39 bits per heavy atom. The summed E-state index contributed by atoms with van der Waals surface area (Å²) in [7, 11) is -4.53. The first-order valence-corrected chi connectivity index (χ1v) is 22.1. The lowest BCUT2D eigenvalue weighted by Gasteiger charge is -2.20. The van der Waals surface area contributed by atoms with E-state index in [9.17, 15) is 23.8 Å². The standard InChI is InChI=1S/C39H76NO10P/c1-4-7-9-11-13-15-17-19-21-23-25-27-29-31-38(42)50-36(35-49-51(44,45)48-33-32-40-39(43)46-6-3)34-47-37(41)30-28-26-24-22-20-18-16-14-12-10-8-5-2/h36H,4-35H2,1-3H3,(H,40,43)(H,44,45)/t36-/m1/s1. The van der Waals surface area contributed by atoms with E-state index >= 15 is 0 Å². The molecular weight excluding hydrogens is 673 g/mol. The Hall–Kier alpha value is -1.68. The Balaban J connectivity index is 4.44. The zero-order chi connectivity index (χ0) is 37.7. The molecule has 302 valence electrons. The molecule has 0 heterocycles. The molecule has 0 spiro atoms. The summed E-state index contributed by atoms with van der Waals surface area (Å²) in [6.45, 7) is 5.18. The highest BCUT2D eigenvalue weighted by Gasteiger charge is 2.26. The van der Waals surface area contributed by atoms with Gasteiger partial charge in [-0.1, -0.05) is 162 Å². The van der Waals surface area contributed by atoms with Gasteiger partial charge in [-0.15, -0.1) is 0 Å². The van der Waals surface area contributed by atoms with Gasteiger partial charge in [0.15, 0.2) is 6.10 Å². The van der Waals surface area contributed by atoms with Gasteiger partial charge in [0.05, 0.1) is 19.8 Å². The molecular formula is C39H76NO10P. The second kappa shape index (κ2) is 36.7. The molecule has 1 amide bonds. The Bertz CT molecular complexity index is 875. The summed E-state index contributed by atoms with van der Waals surface area (Å²) in [4.78, 5) is 46.5. The molecule has 51 heavy (non-hydrogen) atoms. The maximum Gasteiger partial charge on any atom is 0.472 e. The van der Waals surface area contributed by atoms with Crippen LogP contribution < -0.4 is 5.32 Å². The van der Waals surface area contributed by atoms with E-state index in [1.807, 2.05) is 0 Å². The quantitative estimate of drug-likeness (QED) is 0.0270. The second-order valence-electron chi connectivity index (χ2n) is 13.7. The topological polar surface area (TPSA) is 147 Å². The summed E-state index contributed by atoms with van der Waals surface area (Å²) in [6.07, 6.45) is 28.6. The van der Waals surface area contributed by atoms with Crippen LogP contribution in [-0.2, 0) is 37.4 Å². The highest BCUT2D eigenvalue weighted by Crippen LogP contribution is 2.43. The lowest BCUT2D eigenvalue weighted by molar-refractivity contribution is -0.161. The van der Waals surface area contributed by atoms with Gasteiger partial charge >= 0.3 is 25.9 Å². The van der Waals surface area contributed by atoms with Crippen molar-refractivity contribution in [2.24, 2.45) is 0 Å². The van der Waals surface area contributed by atoms with Crippen molar-refractivity contribution < 1.29 is 47.1 Å². The molecule has 0 saturated heterocycles. The van der Waals surface area contributed by atoms with Gasteiger partial charge in [-0.05, 0) is 19.8 Å². The van der Waals surface area contributed by atoms with E-state index in [1.54, 1.807) is 6.92 Å². The van der Waals surface area contributed by atoms with E-state index in [0.717, 1.165) is 38.5 Å². The summed E-state index contributed by atoms with van der Waals surface area (Å²) in [5.74, 6) is -0.885. The van der Waals surface area contributed by atoms with Crippen molar-refractivity contribution in [2.45, 2.75) is 200 Å². The molecule has 0 saturated carbocycles. The molecule has 0 bridgehead atoms. The van der Waals surface area contributed by atoms with Crippen molar-refractivity contribution in [1.29, 1.82) is 0 Å². The van der Waals surface area contributed by atoms with Crippen molar-refractivity contribution in [2.75, 3.05) is 33.0 Å². The van der Waals surface area contributed by atoms with Gasteiger partial charge in [-0.2, -0.15) is 0 Å². The first-order valence-electron chi connectivity index (χ1n) is 20.6. The fraction of sp³-hybridized carbons (Fsp3) is 0.923. The molecule has 1 unspecified atom stereocenters. The Morgan fingerprint density at radius 2 is 0.961 bits per heavy atom.